The highest BCUT2D eigenvalue weighted by atomic mass is 19.4. The van der Waals surface area contributed by atoms with Gasteiger partial charge in [0.25, 0.3) is 0 Å². The third kappa shape index (κ3) is 5.92. The molecule has 0 bridgehead atoms. The Balaban J connectivity index is 4.08. The zero-order valence-corrected chi connectivity index (χ0v) is 8.92. The minimum Gasteiger partial charge on any atom is -0.481 e. The van der Waals surface area contributed by atoms with Crippen molar-refractivity contribution in [2.75, 3.05) is 13.2 Å². The molecule has 0 aliphatic rings. The summed E-state index contributed by atoms with van der Waals surface area (Å²) in [5.74, 6) is -4.27. The Kier molecular flexibility index (Phi) is 6.35. The predicted octanol–water partition coefficient (Wildman–Crippen LogP) is 1.00. The molecule has 0 rings (SSSR count). The Bertz CT molecular complexity index is 221. The van der Waals surface area contributed by atoms with E-state index in [2.05, 4.69) is 5.32 Å². The van der Waals surface area contributed by atoms with Crippen molar-refractivity contribution in [2.24, 2.45) is 5.92 Å². The van der Waals surface area contributed by atoms with E-state index in [0.29, 0.717) is 12.8 Å². The van der Waals surface area contributed by atoms with Gasteiger partial charge >= 0.3 is 12.1 Å². The number of carboxylic acid groups (broad SMARTS) is 1. The van der Waals surface area contributed by atoms with E-state index in [1.54, 1.807) is 6.92 Å². The lowest BCUT2D eigenvalue weighted by atomic mass is 10.1. The first kappa shape index (κ1) is 15.2. The number of hydrogen-bond donors (Lipinski definition) is 3. The molecular formula is C9H16F3NO3. The fourth-order valence-corrected chi connectivity index (χ4v) is 1.16. The minimum absolute atomic E-state index is 0.0341. The lowest BCUT2D eigenvalue weighted by Crippen LogP contribution is -2.41. The lowest BCUT2D eigenvalue weighted by Gasteiger charge is -2.19. The maximum atomic E-state index is 12.2. The molecule has 0 saturated heterocycles. The molecule has 0 heterocycles. The van der Waals surface area contributed by atoms with Gasteiger partial charge in [0.15, 0.2) is 5.92 Å². The van der Waals surface area contributed by atoms with E-state index in [4.69, 9.17) is 10.2 Å². The molecule has 7 heteroatoms. The maximum absolute atomic E-state index is 12.2. The van der Waals surface area contributed by atoms with Gasteiger partial charge in [-0.15, -0.1) is 0 Å². The van der Waals surface area contributed by atoms with Crippen molar-refractivity contribution in [3.8, 4) is 0 Å². The first-order valence-corrected chi connectivity index (χ1v) is 4.92. The Hall–Kier alpha value is -0.820. The van der Waals surface area contributed by atoms with Crippen molar-refractivity contribution >= 4 is 5.97 Å². The molecule has 0 amide bonds. The molecule has 16 heavy (non-hydrogen) atoms. The van der Waals surface area contributed by atoms with E-state index in [-0.39, 0.29) is 12.6 Å². The smallest absolute Gasteiger partial charge is 0.403 e. The van der Waals surface area contributed by atoms with Crippen LogP contribution in [0.2, 0.25) is 0 Å². The van der Waals surface area contributed by atoms with Gasteiger partial charge in [-0.1, -0.05) is 0 Å². The molecule has 0 fully saturated rings. The number of hydrogen-bond acceptors (Lipinski definition) is 3. The molecule has 0 aromatic carbocycles. The zero-order chi connectivity index (χ0) is 12.8. The van der Waals surface area contributed by atoms with Crippen LogP contribution in [0, 0.1) is 5.92 Å². The second kappa shape index (κ2) is 6.70. The van der Waals surface area contributed by atoms with Crippen LogP contribution in [-0.4, -0.2) is 41.6 Å². The Morgan fingerprint density at radius 3 is 2.38 bits per heavy atom. The molecule has 2 unspecified atom stereocenters. The maximum Gasteiger partial charge on any atom is 0.403 e. The number of aliphatic hydroxyl groups is 1. The van der Waals surface area contributed by atoms with Gasteiger partial charge in [0.1, 0.15) is 0 Å². The summed E-state index contributed by atoms with van der Waals surface area (Å²) in [6, 6.07) is -0.253. The molecule has 0 aliphatic carbocycles. The van der Waals surface area contributed by atoms with Crippen LogP contribution in [0.4, 0.5) is 13.2 Å². The summed E-state index contributed by atoms with van der Waals surface area (Å²) in [4.78, 5) is 10.4. The zero-order valence-electron chi connectivity index (χ0n) is 8.92. The molecule has 0 aromatic heterocycles. The molecule has 0 aliphatic heterocycles. The molecule has 2 atom stereocenters. The van der Waals surface area contributed by atoms with Gasteiger partial charge in [0.2, 0.25) is 0 Å². The van der Waals surface area contributed by atoms with Crippen molar-refractivity contribution in [3.63, 3.8) is 0 Å². The van der Waals surface area contributed by atoms with E-state index in [9.17, 15) is 18.0 Å². The first-order chi connectivity index (χ1) is 7.29. The van der Waals surface area contributed by atoms with Crippen molar-refractivity contribution < 1.29 is 28.2 Å². The molecule has 3 N–H and O–H groups in total. The Morgan fingerprint density at radius 2 is 2.00 bits per heavy atom. The normalized spacial score (nSPS) is 15.8. The van der Waals surface area contributed by atoms with Crippen LogP contribution >= 0.6 is 0 Å². The third-order valence-electron chi connectivity index (χ3n) is 2.16. The summed E-state index contributed by atoms with van der Waals surface area (Å²) in [6.45, 7) is 0.962. The summed E-state index contributed by atoms with van der Waals surface area (Å²) in [5, 5.41) is 19.4. The lowest BCUT2D eigenvalue weighted by molar-refractivity contribution is -0.192. The van der Waals surface area contributed by atoms with Gasteiger partial charge < -0.3 is 15.5 Å². The van der Waals surface area contributed by atoms with Crippen molar-refractivity contribution in [2.45, 2.75) is 32.0 Å². The highest BCUT2D eigenvalue weighted by molar-refractivity contribution is 5.71. The quantitative estimate of drug-likeness (QED) is 0.624. The number of rotatable bonds is 7. The van der Waals surface area contributed by atoms with Crippen LogP contribution in [0.3, 0.4) is 0 Å². The summed E-state index contributed by atoms with van der Waals surface area (Å²) >= 11 is 0. The van der Waals surface area contributed by atoms with Crippen LogP contribution in [0.1, 0.15) is 19.8 Å². The second-order valence-electron chi connectivity index (χ2n) is 3.61. The highest BCUT2D eigenvalue weighted by Gasteiger charge is 2.44. The minimum atomic E-state index is -4.74. The van der Waals surface area contributed by atoms with Gasteiger partial charge in [-0.2, -0.15) is 13.2 Å². The van der Waals surface area contributed by atoms with Gasteiger partial charge in [-0.25, -0.2) is 0 Å². The number of carbonyl (C=O) groups is 1. The second-order valence-corrected chi connectivity index (χ2v) is 3.61. The van der Waals surface area contributed by atoms with E-state index < -0.39 is 24.6 Å². The van der Waals surface area contributed by atoms with E-state index in [0.717, 1.165) is 0 Å². The number of aliphatic hydroxyl groups excluding tert-OH is 1. The molecule has 0 saturated carbocycles. The monoisotopic (exact) mass is 243 g/mol. The van der Waals surface area contributed by atoms with E-state index in [1.165, 1.54) is 0 Å². The molecule has 0 aromatic rings. The number of alkyl halides is 3. The number of halogens is 3. The number of carboxylic acids is 1. The van der Waals surface area contributed by atoms with Crippen LogP contribution < -0.4 is 5.32 Å². The third-order valence-corrected chi connectivity index (χ3v) is 2.16. The van der Waals surface area contributed by atoms with E-state index in [1.807, 2.05) is 0 Å². The van der Waals surface area contributed by atoms with Gasteiger partial charge in [-0.3, -0.25) is 4.79 Å². The number of nitrogens with one attached hydrogen (secondary N) is 1. The standard InChI is InChI=1S/C9H16F3NO3/c1-6(3-2-4-14)13-5-7(8(15)16)9(10,11)12/h6-7,13-14H,2-5H2,1H3,(H,15,16). The molecule has 96 valence electrons. The van der Waals surface area contributed by atoms with Crippen LogP contribution in [-0.2, 0) is 4.79 Å². The predicted molar refractivity (Wildman–Crippen MR) is 51.0 cm³/mol. The fraction of sp³-hybridized carbons (Fsp3) is 0.889. The van der Waals surface area contributed by atoms with Crippen LogP contribution in [0.15, 0.2) is 0 Å². The molecule has 4 nitrogen and oxygen atoms in total. The summed E-state index contributed by atoms with van der Waals surface area (Å²) in [7, 11) is 0. The van der Waals surface area contributed by atoms with Crippen LogP contribution in [0.25, 0.3) is 0 Å². The average molecular weight is 243 g/mol. The van der Waals surface area contributed by atoms with Crippen LogP contribution in [0.5, 0.6) is 0 Å². The molecule has 0 radical (unpaired) electrons. The van der Waals surface area contributed by atoms with Crippen molar-refractivity contribution in [1.29, 1.82) is 0 Å². The topological polar surface area (TPSA) is 69.6 Å². The summed E-state index contributed by atoms with van der Waals surface area (Å²) in [6.07, 6.45) is -3.77. The SMILES string of the molecule is CC(CCCO)NCC(C(=O)O)C(F)(F)F. The Labute approximate surface area is 91.5 Å². The highest BCUT2D eigenvalue weighted by Crippen LogP contribution is 2.25. The summed E-state index contributed by atoms with van der Waals surface area (Å²) in [5.41, 5.74) is 0. The Morgan fingerprint density at radius 1 is 1.44 bits per heavy atom. The van der Waals surface area contributed by atoms with Crippen molar-refractivity contribution in [1.82, 2.24) is 5.32 Å². The number of aliphatic carboxylic acids is 1. The van der Waals surface area contributed by atoms with E-state index >= 15 is 0 Å². The summed E-state index contributed by atoms with van der Waals surface area (Å²) < 4.78 is 36.6. The van der Waals surface area contributed by atoms with Gasteiger partial charge in [0, 0.05) is 19.2 Å². The molecule has 0 spiro atoms. The van der Waals surface area contributed by atoms with Crippen molar-refractivity contribution in [3.05, 3.63) is 0 Å². The molecular weight excluding hydrogens is 227 g/mol. The average Bonchev–Trinajstić information content (AvgIpc) is 2.12. The largest absolute Gasteiger partial charge is 0.481 e. The fourth-order valence-electron chi connectivity index (χ4n) is 1.16. The van der Waals surface area contributed by atoms with Gasteiger partial charge in [0.05, 0.1) is 0 Å². The van der Waals surface area contributed by atoms with Gasteiger partial charge in [-0.05, 0) is 19.8 Å². The first-order valence-electron chi connectivity index (χ1n) is 4.92.